The maximum Gasteiger partial charge on any atom is 0.250 e. The van der Waals surface area contributed by atoms with E-state index < -0.39 is 16.9 Å². The number of hydrogen-bond donors (Lipinski definition) is 2. The number of fused-ring (bicyclic) bond motifs is 1. The quantitative estimate of drug-likeness (QED) is 0.297. The van der Waals surface area contributed by atoms with Gasteiger partial charge in [0, 0.05) is 32.0 Å². The number of piperidine rings is 1. The van der Waals surface area contributed by atoms with Gasteiger partial charge in [0.15, 0.2) is 5.82 Å². The van der Waals surface area contributed by atoms with Gasteiger partial charge in [-0.1, -0.05) is 23.7 Å². The summed E-state index contributed by atoms with van der Waals surface area (Å²) < 4.78 is 47.6. The number of nitrogens with one attached hydrogen (secondary N) is 2. The molecule has 220 valence electrons. The van der Waals surface area contributed by atoms with E-state index in [2.05, 4.69) is 31.6 Å². The molecule has 0 bridgehead atoms. The molecule has 3 aromatic rings. The van der Waals surface area contributed by atoms with Crippen LogP contribution in [-0.2, 0) is 23.8 Å². The van der Waals surface area contributed by atoms with Crippen LogP contribution in [0.25, 0.3) is 0 Å². The molecule has 0 spiro atoms. The Balaban J connectivity index is 1.36. The smallest absolute Gasteiger partial charge is 0.250 e. The number of halogens is 3. The molecule has 5 rings (SSSR count). The Morgan fingerprint density at radius 2 is 1.88 bits per heavy atom. The first-order valence-electron chi connectivity index (χ1n) is 13.7. The Morgan fingerprint density at radius 3 is 2.61 bits per heavy atom. The third-order valence-electron chi connectivity index (χ3n) is 7.66. The zero-order valence-corrected chi connectivity index (χ0v) is 25.0. The van der Waals surface area contributed by atoms with Gasteiger partial charge in [-0.2, -0.15) is 4.98 Å². The molecule has 2 heterocycles. The van der Waals surface area contributed by atoms with Gasteiger partial charge in [0.25, 0.3) is 5.92 Å². The number of aryl methyl sites for hydroxylation is 1. The molecular formula is C29H35ClF2N6O2S. The molecule has 8 nitrogen and oxygen atoms in total. The van der Waals surface area contributed by atoms with Crippen molar-refractivity contribution < 1.29 is 17.7 Å². The van der Waals surface area contributed by atoms with Crippen molar-refractivity contribution in [2.45, 2.75) is 55.4 Å². The van der Waals surface area contributed by atoms with Crippen molar-refractivity contribution in [2.75, 3.05) is 44.9 Å². The van der Waals surface area contributed by atoms with Crippen LogP contribution in [-0.4, -0.2) is 69.6 Å². The van der Waals surface area contributed by atoms with E-state index in [9.17, 15) is 13.0 Å². The molecule has 41 heavy (non-hydrogen) atoms. The van der Waals surface area contributed by atoms with Crippen molar-refractivity contribution in [3.8, 4) is 5.75 Å². The maximum atomic E-state index is 13.7. The number of para-hydroxylation sites is 1. The highest BCUT2D eigenvalue weighted by Gasteiger charge is 2.36. The van der Waals surface area contributed by atoms with E-state index in [4.69, 9.17) is 16.3 Å². The van der Waals surface area contributed by atoms with Crippen LogP contribution < -0.4 is 15.4 Å². The summed E-state index contributed by atoms with van der Waals surface area (Å²) in [6, 6.07) is 11.6. The zero-order valence-electron chi connectivity index (χ0n) is 23.4. The van der Waals surface area contributed by atoms with E-state index in [1.54, 1.807) is 31.6 Å². The summed E-state index contributed by atoms with van der Waals surface area (Å²) in [6.45, 7) is 0.868. The molecule has 1 aromatic heterocycles. The Bertz CT molecular complexity index is 1420. The van der Waals surface area contributed by atoms with Crippen LogP contribution in [0.2, 0.25) is 5.02 Å². The number of anilines is 4. The zero-order chi connectivity index (χ0) is 29.1. The number of alkyl halides is 2. The van der Waals surface area contributed by atoms with Gasteiger partial charge >= 0.3 is 0 Å². The van der Waals surface area contributed by atoms with Crippen LogP contribution in [0, 0.1) is 0 Å². The Labute approximate surface area is 247 Å². The van der Waals surface area contributed by atoms with Crippen molar-refractivity contribution in [1.82, 2.24) is 19.2 Å². The van der Waals surface area contributed by atoms with Crippen LogP contribution in [0.5, 0.6) is 5.75 Å². The predicted molar refractivity (Wildman–Crippen MR) is 159 cm³/mol. The molecule has 2 unspecified atom stereocenters. The summed E-state index contributed by atoms with van der Waals surface area (Å²) >= 11 is 6.44. The van der Waals surface area contributed by atoms with Gasteiger partial charge in [0.1, 0.15) is 21.8 Å². The Hall–Kier alpha value is -2.86. The first kappa shape index (κ1) is 29.6. The number of nitrogens with zero attached hydrogens (tertiary/aromatic N) is 4. The van der Waals surface area contributed by atoms with Crippen LogP contribution in [0.1, 0.15) is 36.8 Å². The summed E-state index contributed by atoms with van der Waals surface area (Å²) in [4.78, 5) is 11.8. The molecule has 1 saturated heterocycles. The molecule has 2 N–H and O–H groups in total. The second-order valence-electron chi connectivity index (χ2n) is 10.7. The third-order valence-corrected chi connectivity index (χ3v) is 9.33. The van der Waals surface area contributed by atoms with Crippen LogP contribution in [0.4, 0.5) is 31.9 Å². The lowest BCUT2D eigenvalue weighted by molar-refractivity contribution is -0.0635. The standard InChI is InChI=1S/C29H35ClF2N6O2S/c1-37(2)41(39)26-10-5-4-9-23(26)34-27-22(30)18-33-28(36-27)35-24-16-19-7-6-8-21(15-20(19)17-25(24)40-3)38-13-11-29(31,32)12-14-38/h4-5,9-10,16-18,21H,6-8,11-15H2,1-3H3,(H2,33,34,35,36). The topological polar surface area (TPSA) is 82.6 Å². The van der Waals surface area contributed by atoms with Gasteiger partial charge in [-0.15, -0.1) is 0 Å². The average molecular weight is 605 g/mol. The maximum absolute atomic E-state index is 13.7. The van der Waals surface area contributed by atoms with Gasteiger partial charge in [0.2, 0.25) is 5.95 Å². The minimum absolute atomic E-state index is 0.0699. The minimum Gasteiger partial charge on any atom is -0.495 e. The molecule has 0 saturated carbocycles. The highest BCUT2D eigenvalue weighted by atomic mass is 35.5. The normalized spacial score (nSPS) is 19.7. The fourth-order valence-corrected chi connectivity index (χ4v) is 6.48. The van der Waals surface area contributed by atoms with Gasteiger partial charge in [-0.05, 0) is 75.2 Å². The van der Waals surface area contributed by atoms with E-state index in [0.717, 1.165) is 31.4 Å². The number of ether oxygens (including phenoxy) is 1. The molecule has 2 atom stereocenters. The SMILES string of the molecule is COc1cc2c(cc1Nc1ncc(Cl)c(Nc3ccccc3S(=O)N(C)C)n1)CCCC(N1CCC(F)(F)CC1)C2. The molecule has 2 aromatic carbocycles. The summed E-state index contributed by atoms with van der Waals surface area (Å²) in [5, 5.41) is 6.80. The minimum atomic E-state index is -2.55. The lowest BCUT2D eigenvalue weighted by Gasteiger charge is -2.37. The van der Waals surface area contributed by atoms with E-state index in [0.29, 0.717) is 46.2 Å². The van der Waals surface area contributed by atoms with Crippen molar-refractivity contribution >= 4 is 45.7 Å². The first-order chi connectivity index (χ1) is 19.6. The molecule has 12 heteroatoms. The van der Waals surface area contributed by atoms with E-state index in [1.165, 1.54) is 17.3 Å². The summed E-state index contributed by atoms with van der Waals surface area (Å²) in [7, 11) is 3.74. The van der Waals surface area contributed by atoms with E-state index in [1.807, 2.05) is 24.3 Å². The lowest BCUT2D eigenvalue weighted by atomic mass is 9.97. The second-order valence-corrected chi connectivity index (χ2v) is 12.7. The highest BCUT2D eigenvalue weighted by molar-refractivity contribution is 7.82. The van der Waals surface area contributed by atoms with Crippen molar-refractivity contribution in [3.63, 3.8) is 0 Å². The number of rotatable bonds is 8. The van der Waals surface area contributed by atoms with Crippen molar-refractivity contribution in [2.24, 2.45) is 0 Å². The van der Waals surface area contributed by atoms with Crippen molar-refractivity contribution in [1.29, 1.82) is 0 Å². The van der Waals surface area contributed by atoms with E-state index >= 15 is 0 Å². The van der Waals surface area contributed by atoms with Gasteiger partial charge < -0.3 is 15.4 Å². The summed E-state index contributed by atoms with van der Waals surface area (Å²) in [5.41, 5.74) is 3.73. The van der Waals surface area contributed by atoms with Crippen molar-refractivity contribution in [3.05, 3.63) is 58.7 Å². The Morgan fingerprint density at radius 1 is 1.12 bits per heavy atom. The van der Waals surface area contributed by atoms with Crippen LogP contribution in [0.3, 0.4) is 0 Å². The van der Waals surface area contributed by atoms with Gasteiger partial charge in [0.05, 0.1) is 29.6 Å². The predicted octanol–water partition coefficient (Wildman–Crippen LogP) is 6.19. The molecule has 1 fully saturated rings. The lowest BCUT2D eigenvalue weighted by Crippen LogP contribution is -2.45. The molecule has 0 amide bonds. The number of aromatic nitrogens is 2. The Kier molecular flexibility index (Phi) is 9.08. The summed E-state index contributed by atoms with van der Waals surface area (Å²) in [6.07, 6.45) is 5.02. The summed E-state index contributed by atoms with van der Waals surface area (Å²) in [5.74, 6) is -1.20. The van der Waals surface area contributed by atoms with Gasteiger partial charge in [-0.3, -0.25) is 4.90 Å². The number of likely N-dealkylation sites (tertiary alicyclic amines) is 1. The first-order valence-corrected chi connectivity index (χ1v) is 15.2. The number of hydrogen-bond acceptors (Lipinski definition) is 7. The third kappa shape index (κ3) is 6.97. The average Bonchev–Trinajstić information content (AvgIpc) is 3.16. The number of methoxy groups -OCH3 is 1. The second kappa shape index (κ2) is 12.6. The molecule has 2 aliphatic rings. The molecule has 1 aliphatic heterocycles. The molecule has 0 radical (unpaired) electrons. The highest BCUT2D eigenvalue weighted by Crippen LogP contribution is 2.37. The number of benzene rings is 2. The van der Waals surface area contributed by atoms with Crippen LogP contribution in [0.15, 0.2) is 47.5 Å². The van der Waals surface area contributed by atoms with Crippen LogP contribution >= 0.6 is 11.6 Å². The fraction of sp³-hybridized carbons (Fsp3) is 0.448. The fourth-order valence-electron chi connectivity index (χ4n) is 5.45. The molecular weight excluding hydrogens is 570 g/mol. The largest absolute Gasteiger partial charge is 0.495 e. The molecule has 1 aliphatic carbocycles. The van der Waals surface area contributed by atoms with Gasteiger partial charge in [-0.25, -0.2) is 22.3 Å². The monoisotopic (exact) mass is 604 g/mol. The van der Waals surface area contributed by atoms with E-state index in [-0.39, 0.29) is 18.9 Å².